The molecule has 0 aromatic heterocycles. The lowest BCUT2D eigenvalue weighted by Crippen LogP contribution is -2.03. The minimum atomic E-state index is -2.88. The maximum atomic E-state index is 12.0. The molecule has 6 heteroatoms. The van der Waals surface area contributed by atoms with E-state index in [0.717, 1.165) is 0 Å². The predicted molar refractivity (Wildman–Crippen MR) is 57.8 cm³/mol. The van der Waals surface area contributed by atoms with Gasteiger partial charge in [-0.1, -0.05) is 15.9 Å². The van der Waals surface area contributed by atoms with E-state index < -0.39 is 6.61 Å². The van der Waals surface area contributed by atoms with Crippen LogP contribution in [0.4, 0.5) is 8.78 Å². The predicted octanol–water partition coefficient (Wildman–Crippen LogP) is 3.88. The Morgan fingerprint density at radius 3 is 2.60 bits per heavy atom. The zero-order chi connectivity index (χ0) is 11.4. The maximum Gasteiger partial charge on any atom is 0.387 e. The first-order valence-corrected chi connectivity index (χ1v) is 5.43. The quantitative estimate of drug-likeness (QED) is 0.836. The Kier molecular flexibility index (Phi) is 4.48. The molecule has 0 unspecified atom stereocenters. The molecular formula is C9H5Br2F2NO. The largest absolute Gasteiger partial charge is 0.434 e. The van der Waals surface area contributed by atoms with E-state index in [0.29, 0.717) is 14.5 Å². The molecule has 0 bridgehead atoms. The van der Waals surface area contributed by atoms with Crippen LogP contribution in [0.25, 0.3) is 0 Å². The van der Waals surface area contributed by atoms with Crippen molar-refractivity contribution in [1.29, 1.82) is 5.26 Å². The minimum Gasteiger partial charge on any atom is -0.434 e. The summed E-state index contributed by atoms with van der Waals surface area (Å²) in [5.74, 6) is 0.0263. The molecule has 0 heterocycles. The third-order valence-electron chi connectivity index (χ3n) is 1.62. The van der Waals surface area contributed by atoms with E-state index in [1.807, 2.05) is 6.07 Å². The fourth-order valence-corrected chi connectivity index (χ4v) is 2.32. The number of benzene rings is 1. The lowest BCUT2D eigenvalue weighted by atomic mass is 10.1. The number of alkyl halides is 2. The van der Waals surface area contributed by atoms with Crippen molar-refractivity contribution in [2.24, 2.45) is 0 Å². The standard InChI is InChI=1S/C9H5Br2F2NO/c10-6-1-2-7(15-9(12)13)8(11)5(6)3-4-14/h1-2,9H,3H2. The SMILES string of the molecule is N#CCc1c(Br)ccc(OC(F)F)c1Br. The van der Waals surface area contributed by atoms with Crippen molar-refractivity contribution in [3.8, 4) is 11.8 Å². The van der Waals surface area contributed by atoms with Crippen LogP contribution in [0.5, 0.6) is 5.75 Å². The van der Waals surface area contributed by atoms with Crippen molar-refractivity contribution >= 4 is 31.9 Å². The highest BCUT2D eigenvalue weighted by Crippen LogP contribution is 2.34. The van der Waals surface area contributed by atoms with Crippen LogP contribution in [0, 0.1) is 11.3 Å². The van der Waals surface area contributed by atoms with Crippen molar-refractivity contribution in [2.75, 3.05) is 0 Å². The van der Waals surface area contributed by atoms with E-state index in [-0.39, 0.29) is 12.2 Å². The Balaban J connectivity index is 3.11. The molecule has 80 valence electrons. The fourth-order valence-electron chi connectivity index (χ4n) is 1.00. The van der Waals surface area contributed by atoms with Gasteiger partial charge in [-0.25, -0.2) is 0 Å². The molecule has 0 saturated carbocycles. The summed E-state index contributed by atoms with van der Waals surface area (Å²) in [6.45, 7) is -2.88. The Morgan fingerprint density at radius 1 is 1.40 bits per heavy atom. The van der Waals surface area contributed by atoms with Crippen molar-refractivity contribution in [3.63, 3.8) is 0 Å². The summed E-state index contributed by atoms with van der Waals surface area (Å²) in [7, 11) is 0. The third-order valence-corrected chi connectivity index (χ3v) is 3.23. The molecule has 15 heavy (non-hydrogen) atoms. The second-order valence-corrected chi connectivity index (χ2v) is 4.20. The van der Waals surface area contributed by atoms with Gasteiger partial charge in [0.05, 0.1) is 17.0 Å². The number of hydrogen-bond acceptors (Lipinski definition) is 2. The molecular weight excluding hydrogens is 336 g/mol. The van der Waals surface area contributed by atoms with E-state index >= 15 is 0 Å². The lowest BCUT2D eigenvalue weighted by Gasteiger charge is -2.10. The van der Waals surface area contributed by atoms with Gasteiger partial charge in [0.2, 0.25) is 0 Å². The number of ether oxygens (including phenoxy) is 1. The van der Waals surface area contributed by atoms with Crippen molar-refractivity contribution in [2.45, 2.75) is 13.0 Å². The summed E-state index contributed by atoms with van der Waals surface area (Å²) in [6.07, 6.45) is 0.113. The maximum absolute atomic E-state index is 12.0. The second kappa shape index (κ2) is 5.42. The number of nitriles is 1. The summed E-state index contributed by atoms with van der Waals surface area (Å²) in [5.41, 5.74) is 0.593. The summed E-state index contributed by atoms with van der Waals surface area (Å²) in [5, 5.41) is 8.56. The van der Waals surface area contributed by atoms with Crippen LogP contribution in [0.15, 0.2) is 21.1 Å². The summed E-state index contributed by atoms with van der Waals surface area (Å²) in [4.78, 5) is 0. The van der Waals surface area contributed by atoms with Crippen LogP contribution in [0.2, 0.25) is 0 Å². The normalized spacial score (nSPS) is 10.1. The average molecular weight is 341 g/mol. The molecule has 0 saturated heterocycles. The van der Waals surface area contributed by atoms with E-state index in [1.54, 1.807) is 6.07 Å². The van der Waals surface area contributed by atoms with Crippen LogP contribution in [0.3, 0.4) is 0 Å². The van der Waals surface area contributed by atoms with Crippen molar-refractivity contribution in [1.82, 2.24) is 0 Å². The van der Waals surface area contributed by atoms with Crippen LogP contribution in [0.1, 0.15) is 5.56 Å². The number of halogens is 4. The first-order chi connectivity index (χ1) is 7.06. The van der Waals surface area contributed by atoms with Gasteiger partial charge >= 0.3 is 6.61 Å². The van der Waals surface area contributed by atoms with E-state index in [4.69, 9.17) is 5.26 Å². The van der Waals surface area contributed by atoms with Crippen LogP contribution >= 0.6 is 31.9 Å². The fraction of sp³-hybridized carbons (Fsp3) is 0.222. The van der Waals surface area contributed by atoms with Crippen molar-refractivity contribution in [3.05, 3.63) is 26.6 Å². The van der Waals surface area contributed by atoms with Gasteiger partial charge in [-0.2, -0.15) is 14.0 Å². The van der Waals surface area contributed by atoms with E-state index in [1.165, 1.54) is 6.07 Å². The minimum absolute atomic E-state index is 0.0263. The lowest BCUT2D eigenvalue weighted by molar-refractivity contribution is -0.0504. The zero-order valence-electron chi connectivity index (χ0n) is 7.31. The van der Waals surface area contributed by atoms with Gasteiger partial charge in [0.25, 0.3) is 0 Å². The molecule has 0 amide bonds. The Labute approximate surface area is 102 Å². The van der Waals surface area contributed by atoms with Gasteiger partial charge in [-0.3, -0.25) is 0 Å². The van der Waals surface area contributed by atoms with Gasteiger partial charge in [-0.05, 0) is 33.6 Å². The van der Waals surface area contributed by atoms with Crippen molar-refractivity contribution < 1.29 is 13.5 Å². The molecule has 0 atom stereocenters. The molecule has 0 aliphatic rings. The van der Waals surface area contributed by atoms with Crippen LogP contribution in [-0.4, -0.2) is 6.61 Å². The first kappa shape index (κ1) is 12.4. The topological polar surface area (TPSA) is 33.0 Å². The molecule has 1 aromatic carbocycles. The second-order valence-electron chi connectivity index (χ2n) is 2.55. The highest BCUT2D eigenvalue weighted by molar-refractivity contribution is 9.11. The first-order valence-electron chi connectivity index (χ1n) is 3.85. The average Bonchev–Trinajstić information content (AvgIpc) is 2.16. The summed E-state index contributed by atoms with van der Waals surface area (Å²) < 4.78 is 29.3. The Bertz CT molecular complexity index is 404. The van der Waals surface area contributed by atoms with E-state index in [9.17, 15) is 8.78 Å². The highest BCUT2D eigenvalue weighted by atomic mass is 79.9. The molecule has 0 fully saturated rings. The molecule has 1 rings (SSSR count). The van der Waals surface area contributed by atoms with Gasteiger partial charge in [0.15, 0.2) is 0 Å². The monoisotopic (exact) mass is 339 g/mol. The summed E-state index contributed by atoms with van der Waals surface area (Å²) in [6, 6.07) is 4.91. The van der Waals surface area contributed by atoms with Crippen LogP contribution < -0.4 is 4.74 Å². The molecule has 1 aromatic rings. The molecule has 0 N–H and O–H groups in total. The molecule has 0 aliphatic carbocycles. The smallest absolute Gasteiger partial charge is 0.387 e. The molecule has 0 radical (unpaired) electrons. The summed E-state index contributed by atoms with van der Waals surface area (Å²) >= 11 is 6.35. The number of nitrogens with zero attached hydrogens (tertiary/aromatic N) is 1. The van der Waals surface area contributed by atoms with Gasteiger partial charge in [-0.15, -0.1) is 0 Å². The number of hydrogen-bond donors (Lipinski definition) is 0. The highest BCUT2D eigenvalue weighted by Gasteiger charge is 2.13. The Hall–Kier alpha value is -0.670. The number of rotatable bonds is 3. The third kappa shape index (κ3) is 3.14. The molecule has 0 aliphatic heterocycles. The van der Waals surface area contributed by atoms with E-state index in [2.05, 4.69) is 36.6 Å². The molecule has 0 spiro atoms. The van der Waals surface area contributed by atoms with Crippen LogP contribution in [-0.2, 0) is 6.42 Å². The van der Waals surface area contributed by atoms with Gasteiger partial charge < -0.3 is 4.74 Å². The van der Waals surface area contributed by atoms with Gasteiger partial charge in [0, 0.05) is 4.47 Å². The Morgan fingerprint density at radius 2 is 2.07 bits per heavy atom. The zero-order valence-corrected chi connectivity index (χ0v) is 10.5. The molecule has 2 nitrogen and oxygen atoms in total. The van der Waals surface area contributed by atoms with Gasteiger partial charge in [0.1, 0.15) is 5.75 Å².